The molecule has 0 radical (unpaired) electrons. The van der Waals surface area contributed by atoms with Crippen molar-refractivity contribution in [3.8, 4) is 0 Å². The van der Waals surface area contributed by atoms with Crippen molar-refractivity contribution < 1.29 is 0 Å². The van der Waals surface area contributed by atoms with Crippen molar-refractivity contribution in [1.82, 2.24) is 9.88 Å². The Morgan fingerprint density at radius 3 is 3.00 bits per heavy atom. The van der Waals surface area contributed by atoms with Crippen molar-refractivity contribution in [1.29, 1.82) is 0 Å². The molecule has 3 heteroatoms. The van der Waals surface area contributed by atoms with Crippen LogP contribution in [0.4, 0.5) is 0 Å². The molecule has 1 aliphatic heterocycles. The molecule has 2 nitrogen and oxygen atoms in total. The van der Waals surface area contributed by atoms with Crippen LogP contribution in [0.3, 0.4) is 0 Å². The average Bonchev–Trinajstić information content (AvgIpc) is 2.74. The van der Waals surface area contributed by atoms with Gasteiger partial charge in [0, 0.05) is 41.1 Å². The summed E-state index contributed by atoms with van der Waals surface area (Å²) in [5.74, 6) is 0. The molecule has 16 heavy (non-hydrogen) atoms. The molecule has 0 N–H and O–H groups in total. The predicted octanol–water partition coefficient (Wildman–Crippen LogP) is 3.26. The van der Waals surface area contributed by atoms with E-state index in [0.29, 0.717) is 6.04 Å². The molecule has 1 fully saturated rings. The highest BCUT2D eigenvalue weighted by Gasteiger charge is 2.22. The van der Waals surface area contributed by atoms with E-state index < -0.39 is 0 Å². The second kappa shape index (κ2) is 4.91. The van der Waals surface area contributed by atoms with E-state index in [4.69, 9.17) is 0 Å². The van der Waals surface area contributed by atoms with Gasteiger partial charge in [0.2, 0.25) is 0 Å². The highest BCUT2D eigenvalue weighted by atomic mass is 32.2. The molecule has 2 rings (SSSR count). The Morgan fingerprint density at radius 2 is 2.38 bits per heavy atom. The molecule has 0 amide bonds. The summed E-state index contributed by atoms with van der Waals surface area (Å²) in [5, 5.41) is 0. The van der Waals surface area contributed by atoms with Gasteiger partial charge in [0.1, 0.15) is 0 Å². The summed E-state index contributed by atoms with van der Waals surface area (Å²) in [6, 6.07) is 2.79. The van der Waals surface area contributed by atoms with Gasteiger partial charge in [-0.1, -0.05) is 6.58 Å². The molecule has 2 heterocycles. The van der Waals surface area contributed by atoms with Gasteiger partial charge >= 0.3 is 0 Å². The zero-order valence-electron chi connectivity index (χ0n) is 9.94. The van der Waals surface area contributed by atoms with Crippen LogP contribution in [0, 0.1) is 0 Å². The zero-order valence-corrected chi connectivity index (χ0v) is 10.8. The molecule has 1 atom stereocenters. The number of aromatic nitrogens is 1. The first-order valence-electron chi connectivity index (χ1n) is 5.67. The first kappa shape index (κ1) is 11.5. The molecule has 1 saturated heterocycles. The minimum Gasteiger partial charge on any atom is -0.369 e. The van der Waals surface area contributed by atoms with Gasteiger partial charge in [-0.25, -0.2) is 0 Å². The Morgan fingerprint density at radius 1 is 1.56 bits per heavy atom. The highest BCUT2D eigenvalue weighted by Crippen LogP contribution is 2.28. The van der Waals surface area contributed by atoms with Gasteiger partial charge in [-0.05, 0) is 32.1 Å². The maximum atomic E-state index is 4.26. The number of thioether (sulfide) groups is 1. The van der Waals surface area contributed by atoms with Gasteiger partial charge < -0.3 is 4.90 Å². The van der Waals surface area contributed by atoms with Gasteiger partial charge in [0.05, 0.1) is 0 Å². The van der Waals surface area contributed by atoms with E-state index in [1.165, 1.54) is 17.7 Å². The van der Waals surface area contributed by atoms with E-state index in [0.717, 1.165) is 17.8 Å². The third-order valence-electron chi connectivity index (χ3n) is 3.18. The Labute approximate surface area is 102 Å². The molecule has 0 bridgehead atoms. The van der Waals surface area contributed by atoms with Crippen LogP contribution in [-0.4, -0.2) is 28.7 Å². The Hall–Kier alpha value is -0.960. The van der Waals surface area contributed by atoms with Crippen molar-refractivity contribution in [2.45, 2.75) is 30.7 Å². The summed E-state index contributed by atoms with van der Waals surface area (Å²) in [4.78, 5) is 7.85. The third kappa shape index (κ3) is 2.24. The molecule has 0 aromatic carbocycles. The van der Waals surface area contributed by atoms with Crippen LogP contribution in [0.5, 0.6) is 0 Å². The fourth-order valence-electron chi connectivity index (χ4n) is 2.19. The summed E-state index contributed by atoms with van der Waals surface area (Å²) in [6.07, 6.45) is 8.43. The van der Waals surface area contributed by atoms with Crippen LogP contribution in [0.1, 0.15) is 25.3 Å². The highest BCUT2D eigenvalue weighted by molar-refractivity contribution is 7.98. The van der Waals surface area contributed by atoms with Crippen molar-refractivity contribution in [2.75, 3.05) is 12.8 Å². The summed E-state index contributed by atoms with van der Waals surface area (Å²) >= 11 is 1.72. The molecule has 86 valence electrons. The molecular weight excluding hydrogens is 216 g/mol. The number of rotatable bonds is 3. The minimum atomic E-state index is 0.616. The second-order valence-corrected chi connectivity index (χ2v) is 5.12. The van der Waals surface area contributed by atoms with Crippen molar-refractivity contribution in [3.05, 3.63) is 30.6 Å². The molecular formula is C13H18N2S. The first-order chi connectivity index (χ1) is 7.72. The monoisotopic (exact) mass is 234 g/mol. The SMILES string of the molecule is C=C(c1cncc(SC)c1)N1CCCC1C. The predicted molar refractivity (Wildman–Crippen MR) is 70.5 cm³/mol. The molecule has 0 saturated carbocycles. The van der Waals surface area contributed by atoms with E-state index in [-0.39, 0.29) is 0 Å². The number of pyridine rings is 1. The molecule has 1 unspecified atom stereocenters. The van der Waals surface area contributed by atoms with Gasteiger partial charge in [-0.15, -0.1) is 11.8 Å². The summed E-state index contributed by atoms with van der Waals surface area (Å²) < 4.78 is 0. The van der Waals surface area contributed by atoms with E-state index >= 15 is 0 Å². The van der Waals surface area contributed by atoms with E-state index in [1.807, 2.05) is 12.4 Å². The standard InChI is InChI=1S/C13H18N2S/c1-10-5-4-6-15(10)11(2)12-7-13(16-3)9-14-8-12/h7-10H,2,4-6H2,1,3H3. The van der Waals surface area contributed by atoms with E-state index in [2.05, 4.69) is 35.7 Å². The molecule has 1 aromatic rings. The maximum absolute atomic E-state index is 4.26. The second-order valence-electron chi connectivity index (χ2n) is 4.24. The maximum Gasteiger partial charge on any atom is 0.0404 e. The number of hydrogen-bond acceptors (Lipinski definition) is 3. The molecule has 0 spiro atoms. The fourth-order valence-corrected chi connectivity index (χ4v) is 2.60. The van der Waals surface area contributed by atoms with Crippen molar-refractivity contribution >= 4 is 17.5 Å². The minimum absolute atomic E-state index is 0.616. The number of hydrogen-bond donors (Lipinski definition) is 0. The number of likely N-dealkylation sites (tertiary alicyclic amines) is 1. The lowest BCUT2D eigenvalue weighted by molar-refractivity contribution is 0.394. The van der Waals surface area contributed by atoms with Gasteiger partial charge in [0.25, 0.3) is 0 Å². The Bertz CT molecular complexity index is 389. The Kier molecular flexibility index (Phi) is 3.54. The van der Waals surface area contributed by atoms with E-state index in [1.54, 1.807) is 11.8 Å². The van der Waals surface area contributed by atoms with Crippen LogP contribution in [0.2, 0.25) is 0 Å². The molecule has 0 aliphatic carbocycles. The topological polar surface area (TPSA) is 16.1 Å². The summed E-state index contributed by atoms with van der Waals surface area (Å²) in [7, 11) is 0. The van der Waals surface area contributed by atoms with Crippen LogP contribution < -0.4 is 0 Å². The van der Waals surface area contributed by atoms with Crippen molar-refractivity contribution in [3.63, 3.8) is 0 Å². The van der Waals surface area contributed by atoms with Crippen LogP contribution >= 0.6 is 11.8 Å². The van der Waals surface area contributed by atoms with Crippen LogP contribution in [0.15, 0.2) is 29.9 Å². The first-order valence-corrected chi connectivity index (χ1v) is 6.90. The lowest BCUT2D eigenvalue weighted by atomic mass is 10.2. The number of nitrogens with zero attached hydrogens (tertiary/aromatic N) is 2. The van der Waals surface area contributed by atoms with Gasteiger partial charge in [0.15, 0.2) is 0 Å². The van der Waals surface area contributed by atoms with E-state index in [9.17, 15) is 0 Å². The third-order valence-corrected chi connectivity index (χ3v) is 3.88. The van der Waals surface area contributed by atoms with Crippen LogP contribution in [0.25, 0.3) is 5.70 Å². The lowest BCUT2D eigenvalue weighted by Gasteiger charge is -2.26. The normalized spacial score (nSPS) is 20.1. The summed E-state index contributed by atoms with van der Waals surface area (Å²) in [6.45, 7) is 7.61. The van der Waals surface area contributed by atoms with Gasteiger partial charge in [-0.2, -0.15) is 0 Å². The zero-order chi connectivity index (χ0) is 11.5. The quantitative estimate of drug-likeness (QED) is 0.747. The summed E-state index contributed by atoms with van der Waals surface area (Å²) in [5.41, 5.74) is 2.27. The fraction of sp³-hybridized carbons (Fsp3) is 0.462. The Balaban J connectivity index is 2.19. The van der Waals surface area contributed by atoms with Crippen LogP contribution in [-0.2, 0) is 0 Å². The average molecular weight is 234 g/mol. The smallest absolute Gasteiger partial charge is 0.0404 e. The molecule has 1 aliphatic rings. The molecule has 1 aromatic heterocycles. The largest absolute Gasteiger partial charge is 0.369 e. The lowest BCUT2D eigenvalue weighted by Crippen LogP contribution is -2.24. The van der Waals surface area contributed by atoms with Crippen molar-refractivity contribution in [2.24, 2.45) is 0 Å². The van der Waals surface area contributed by atoms with Gasteiger partial charge in [-0.3, -0.25) is 4.98 Å².